The Morgan fingerprint density at radius 1 is 1.24 bits per heavy atom. The first kappa shape index (κ1) is 16.1. The standard InChI is InChI=1S/C19H20Cl2N2O2/c20-14-2-1-3-15(21)17(14)18-13(9-25-23-18)19(4-5-19)10-24-16-7-12-6-11(16)8-22-12/h1-3,9,11-12,16,22H,4-8,10H2/t11-,12-,16+/m0/s1. The van der Waals surface area contributed by atoms with E-state index in [1.807, 2.05) is 18.2 Å². The molecule has 1 aromatic heterocycles. The molecule has 1 aromatic carbocycles. The van der Waals surface area contributed by atoms with Crippen molar-refractivity contribution in [2.24, 2.45) is 5.92 Å². The number of nitrogens with one attached hydrogen (secondary N) is 1. The van der Waals surface area contributed by atoms with Crippen LogP contribution >= 0.6 is 23.2 Å². The Balaban J connectivity index is 1.39. The van der Waals surface area contributed by atoms with E-state index in [1.54, 1.807) is 6.26 Å². The molecular weight excluding hydrogens is 359 g/mol. The van der Waals surface area contributed by atoms with E-state index in [9.17, 15) is 0 Å². The van der Waals surface area contributed by atoms with E-state index in [1.165, 1.54) is 6.42 Å². The Morgan fingerprint density at radius 2 is 2.04 bits per heavy atom. The lowest BCUT2D eigenvalue weighted by molar-refractivity contribution is 0.00867. The molecule has 6 heteroatoms. The van der Waals surface area contributed by atoms with Gasteiger partial charge in [-0.3, -0.25) is 0 Å². The van der Waals surface area contributed by atoms with Crippen LogP contribution in [0, 0.1) is 5.92 Å². The first-order valence-electron chi connectivity index (χ1n) is 8.90. The average molecular weight is 379 g/mol. The molecule has 4 nitrogen and oxygen atoms in total. The first-order valence-corrected chi connectivity index (χ1v) is 9.66. The summed E-state index contributed by atoms with van der Waals surface area (Å²) in [6.07, 6.45) is 6.69. The topological polar surface area (TPSA) is 47.3 Å². The summed E-state index contributed by atoms with van der Waals surface area (Å²) in [6.45, 7) is 1.81. The molecule has 1 saturated heterocycles. The number of ether oxygens (including phenoxy) is 1. The summed E-state index contributed by atoms with van der Waals surface area (Å²) in [7, 11) is 0. The van der Waals surface area contributed by atoms with Crippen molar-refractivity contribution in [3.8, 4) is 11.3 Å². The van der Waals surface area contributed by atoms with Crippen LogP contribution in [0.1, 0.15) is 31.2 Å². The van der Waals surface area contributed by atoms with Crippen LogP contribution in [0.3, 0.4) is 0 Å². The second kappa shape index (κ2) is 5.98. The molecule has 2 heterocycles. The Bertz CT molecular complexity index is 782. The molecule has 2 saturated carbocycles. The lowest BCUT2D eigenvalue weighted by Gasteiger charge is -2.25. The largest absolute Gasteiger partial charge is 0.377 e. The number of piperidine rings is 1. The zero-order valence-electron chi connectivity index (χ0n) is 13.8. The van der Waals surface area contributed by atoms with Gasteiger partial charge in [-0.2, -0.15) is 0 Å². The SMILES string of the molecule is Clc1cccc(Cl)c1-c1nocc1C1(CO[C@@H]2C[C@@H]3C[C@H]2CN3)CC1. The Labute approximate surface area is 156 Å². The predicted octanol–water partition coefficient (Wildman–Crippen LogP) is 4.45. The van der Waals surface area contributed by atoms with Crippen molar-refractivity contribution in [2.45, 2.75) is 43.2 Å². The zero-order chi connectivity index (χ0) is 17.0. The molecule has 132 valence electrons. The van der Waals surface area contributed by atoms with Gasteiger partial charge < -0.3 is 14.6 Å². The molecular formula is C19H20Cl2N2O2. The summed E-state index contributed by atoms with van der Waals surface area (Å²) in [5, 5.41) is 8.95. The molecule has 0 amide bonds. The van der Waals surface area contributed by atoms with Crippen LogP contribution in [0.4, 0.5) is 0 Å². The van der Waals surface area contributed by atoms with Gasteiger partial charge in [0, 0.05) is 29.1 Å². The van der Waals surface area contributed by atoms with Crippen LogP contribution in [0.25, 0.3) is 11.3 Å². The van der Waals surface area contributed by atoms with Crippen LogP contribution in [0.2, 0.25) is 10.0 Å². The van der Waals surface area contributed by atoms with E-state index in [0.717, 1.165) is 49.2 Å². The molecule has 1 N–H and O–H groups in total. The minimum absolute atomic E-state index is 0.00685. The van der Waals surface area contributed by atoms with Crippen LogP contribution in [0.5, 0.6) is 0 Å². The van der Waals surface area contributed by atoms with Gasteiger partial charge in [0.25, 0.3) is 0 Å². The van der Waals surface area contributed by atoms with Gasteiger partial charge in [0.1, 0.15) is 12.0 Å². The molecule has 0 unspecified atom stereocenters. The van der Waals surface area contributed by atoms with E-state index in [-0.39, 0.29) is 5.41 Å². The Hall–Kier alpha value is -1.07. The third-order valence-electron chi connectivity index (χ3n) is 6.07. The van der Waals surface area contributed by atoms with Gasteiger partial charge in [0.15, 0.2) is 0 Å². The van der Waals surface area contributed by atoms with Crippen molar-refractivity contribution in [1.29, 1.82) is 0 Å². The van der Waals surface area contributed by atoms with Crippen molar-refractivity contribution in [3.63, 3.8) is 0 Å². The van der Waals surface area contributed by atoms with Crippen molar-refractivity contribution >= 4 is 23.2 Å². The lowest BCUT2D eigenvalue weighted by atomic mass is 9.94. The minimum Gasteiger partial charge on any atom is -0.377 e. The van der Waals surface area contributed by atoms with E-state index < -0.39 is 0 Å². The Kier molecular flexibility index (Phi) is 3.86. The molecule has 3 fully saturated rings. The summed E-state index contributed by atoms with van der Waals surface area (Å²) in [5.41, 5.74) is 2.58. The predicted molar refractivity (Wildman–Crippen MR) is 97.1 cm³/mol. The highest BCUT2D eigenvalue weighted by Gasteiger charge is 2.50. The van der Waals surface area contributed by atoms with Crippen LogP contribution < -0.4 is 5.32 Å². The summed E-state index contributed by atoms with van der Waals surface area (Å²) in [4.78, 5) is 0. The van der Waals surface area contributed by atoms with Crippen molar-refractivity contribution < 1.29 is 9.26 Å². The fourth-order valence-electron chi connectivity index (χ4n) is 4.42. The maximum atomic E-state index is 6.38. The molecule has 5 rings (SSSR count). The van der Waals surface area contributed by atoms with E-state index >= 15 is 0 Å². The van der Waals surface area contributed by atoms with Crippen molar-refractivity contribution in [2.75, 3.05) is 13.2 Å². The third kappa shape index (κ3) is 2.71. The van der Waals surface area contributed by atoms with Crippen LogP contribution in [0.15, 0.2) is 29.0 Å². The monoisotopic (exact) mass is 378 g/mol. The number of fused-ring (bicyclic) bond motifs is 2. The second-order valence-electron chi connectivity index (χ2n) is 7.64. The number of nitrogens with zero attached hydrogens (tertiary/aromatic N) is 1. The highest BCUT2D eigenvalue weighted by Crippen LogP contribution is 2.53. The molecule has 2 bridgehead atoms. The summed E-state index contributed by atoms with van der Waals surface area (Å²) in [5.74, 6) is 0.667. The van der Waals surface area contributed by atoms with Gasteiger partial charge in [-0.05, 0) is 43.7 Å². The molecule has 1 aliphatic heterocycles. The number of aromatic nitrogens is 1. The maximum Gasteiger partial charge on any atom is 0.128 e. The molecule has 3 aliphatic rings. The maximum absolute atomic E-state index is 6.38. The number of hydrogen-bond donors (Lipinski definition) is 1. The number of benzene rings is 1. The van der Waals surface area contributed by atoms with Gasteiger partial charge in [0.05, 0.1) is 22.8 Å². The van der Waals surface area contributed by atoms with Gasteiger partial charge in [-0.15, -0.1) is 0 Å². The minimum atomic E-state index is -0.00685. The fourth-order valence-corrected chi connectivity index (χ4v) is 4.99. The summed E-state index contributed by atoms with van der Waals surface area (Å²) >= 11 is 12.8. The smallest absolute Gasteiger partial charge is 0.128 e. The molecule has 2 aromatic rings. The average Bonchev–Trinajstić information content (AvgIpc) is 2.97. The van der Waals surface area contributed by atoms with Crippen molar-refractivity contribution in [3.05, 3.63) is 40.1 Å². The highest BCUT2D eigenvalue weighted by atomic mass is 35.5. The van der Waals surface area contributed by atoms with Gasteiger partial charge in [-0.25, -0.2) is 0 Å². The van der Waals surface area contributed by atoms with Gasteiger partial charge in [-0.1, -0.05) is 34.4 Å². The second-order valence-corrected chi connectivity index (χ2v) is 8.45. The fraction of sp³-hybridized carbons (Fsp3) is 0.526. The summed E-state index contributed by atoms with van der Waals surface area (Å²) in [6, 6.07) is 6.16. The zero-order valence-corrected chi connectivity index (χ0v) is 15.3. The quantitative estimate of drug-likeness (QED) is 0.834. The lowest BCUT2D eigenvalue weighted by Crippen LogP contribution is -2.35. The van der Waals surface area contributed by atoms with Crippen molar-refractivity contribution in [1.82, 2.24) is 10.5 Å². The van der Waals surface area contributed by atoms with Gasteiger partial charge >= 0.3 is 0 Å². The van der Waals surface area contributed by atoms with E-state index in [2.05, 4.69) is 10.5 Å². The summed E-state index contributed by atoms with van der Waals surface area (Å²) < 4.78 is 11.7. The van der Waals surface area contributed by atoms with E-state index in [4.69, 9.17) is 32.5 Å². The van der Waals surface area contributed by atoms with Crippen LogP contribution in [-0.2, 0) is 10.2 Å². The highest BCUT2D eigenvalue weighted by molar-refractivity contribution is 6.39. The first-order chi connectivity index (χ1) is 12.2. The molecule has 3 atom stereocenters. The molecule has 0 spiro atoms. The molecule has 0 radical (unpaired) electrons. The van der Waals surface area contributed by atoms with E-state index in [0.29, 0.717) is 28.1 Å². The normalized spacial score (nSPS) is 29.3. The van der Waals surface area contributed by atoms with Gasteiger partial charge in [0.2, 0.25) is 0 Å². The number of halogens is 2. The van der Waals surface area contributed by atoms with Crippen LogP contribution in [-0.4, -0.2) is 30.5 Å². The molecule has 2 aliphatic carbocycles. The number of rotatable bonds is 5. The number of hydrogen-bond acceptors (Lipinski definition) is 4. The Morgan fingerprint density at radius 3 is 2.68 bits per heavy atom. The molecule has 25 heavy (non-hydrogen) atoms. The third-order valence-corrected chi connectivity index (χ3v) is 6.70.